The Morgan fingerprint density at radius 2 is 1.65 bits per heavy atom. The zero-order valence-corrected chi connectivity index (χ0v) is 10.3. The Balaban J connectivity index is 2.53. The van der Waals surface area contributed by atoms with Gasteiger partial charge < -0.3 is 5.73 Å². The zero-order chi connectivity index (χ0) is 12.7. The van der Waals surface area contributed by atoms with Gasteiger partial charge in [0, 0.05) is 6.04 Å². The first kappa shape index (κ1) is 14.8. The van der Waals surface area contributed by atoms with Crippen molar-refractivity contribution in [3.8, 4) is 0 Å². The third-order valence-corrected chi connectivity index (χ3v) is 3.37. The summed E-state index contributed by atoms with van der Waals surface area (Å²) < 4.78 is 37.5. The van der Waals surface area contributed by atoms with E-state index in [-0.39, 0.29) is 6.04 Å². The van der Waals surface area contributed by atoms with Crippen LogP contribution in [0.3, 0.4) is 0 Å². The molecule has 17 heavy (non-hydrogen) atoms. The van der Waals surface area contributed by atoms with Crippen LogP contribution in [0.5, 0.6) is 0 Å². The molecule has 1 saturated carbocycles. The summed E-state index contributed by atoms with van der Waals surface area (Å²) in [7, 11) is 0. The van der Waals surface area contributed by atoms with Crippen LogP contribution in [0.4, 0.5) is 13.2 Å². The molecule has 2 nitrogen and oxygen atoms in total. The second kappa shape index (κ2) is 7.21. The molecule has 0 atom stereocenters. The normalized spacial score (nSPS) is 19.6. The number of nitrogens with two attached hydrogens (primary N) is 1. The summed E-state index contributed by atoms with van der Waals surface area (Å²) in [6.45, 7) is 0.152. The molecule has 0 radical (unpaired) electrons. The van der Waals surface area contributed by atoms with E-state index < -0.39 is 12.7 Å². The number of hydrogen-bond donors (Lipinski definition) is 1. The highest BCUT2D eigenvalue weighted by atomic mass is 19.4. The van der Waals surface area contributed by atoms with Gasteiger partial charge in [0.1, 0.15) is 0 Å². The summed E-state index contributed by atoms with van der Waals surface area (Å²) in [5, 5.41) is 0. The topological polar surface area (TPSA) is 29.3 Å². The minimum absolute atomic E-state index is 0.102. The van der Waals surface area contributed by atoms with Crippen LogP contribution in [0.25, 0.3) is 0 Å². The molecule has 1 fully saturated rings. The van der Waals surface area contributed by atoms with Crippen molar-refractivity contribution < 1.29 is 13.2 Å². The van der Waals surface area contributed by atoms with Gasteiger partial charge in [0.2, 0.25) is 0 Å². The zero-order valence-electron chi connectivity index (χ0n) is 10.3. The van der Waals surface area contributed by atoms with Gasteiger partial charge in [-0.05, 0) is 32.4 Å². The molecule has 0 unspecified atom stereocenters. The Kier molecular flexibility index (Phi) is 6.27. The molecule has 0 aromatic rings. The predicted molar refractivity (Wildman–Crippen MR) is 62.8 cm³/mol. The molecular formula is C12H23F3N2. The first-order chi connectivity index (χ1) is 8.03. The van der Waals surface area contributed by atoms with Crippen molar-refractivity contribution >= 4 is 0 Å². The lowest BCUT2D eigenvalue weighted by Gasteiger charge is -2.31. The smallest absolute Gasteiger partial charge is 0.330 e. The first-order valence-corrected chi connectivity index (χ1v) is 6.54. The Morgan fingerprint density at radius 1 is 1.06 bits per heavy atom. The Hall–Kier alpha value is -0.290. The molecule has 0 heterocycles. The van der Waals surface area contributed by atoms with Gasteiger partial charge in [0.25, 0.3) is 0 Å². The summed E-state index contributed by atoms with van der Waals surface area (Å²) in [5.74, 6) is 0. The molecule has 5 heteroatoms. The van der Waals surface area contributed by atoms with Crippen molar-refractivity contribution in [3.05, 3.63) is 0 Å². The fourth-order valence-electron chi connectivity index (χ4n) is 2.54. The monoisotopic (exact) mass is 252 g/mol. The van der Waals surface area contributed by atoms with Crippen molar-refractivity contribution in [2.75, 3.05) is 19.6 Å². The molecule has 1 aliphatic carbocycles. The molecule has 1 rings (SSSR count). The van der Waals surface area contributed by atoms with Gasteiger partial charge in [-0.3, -0.25) is 4.90 Å². The second-order valence-corrected chi connectivity index (χ2v) is 4.87. The lowest BCUT2D eigenvalue weighted by molar-refractivity contribution is -0.151. The number of rotatable bonds is 5. The van der Waals surface area contributed by atoms with Crippen LogP contribution in [0.15, 0.2) is 0 Å². The highest BCUT2D eigenvalue weighted by Gasteiger charge is 2.33. The van der Waals surface area contributed by atoms with Crippen LogP contribution in [0, 0.1) is 0 Å². The van der Waals surface area contributed by atoms with Crippen LogP contribution < -0.4 is 5.73 Å². The second-order valence-electron chi connectivity index (χ2n) is 4.87. The van der Waals surface area contributed by atoms with Crippen molar-refractivity contribution in [1.29, 1.82) is 0 Å². The summed E-state index contributed by atoms with van der Waals surface area (Å²) in [6, 6.07) is 0.102. The molecule has 1 aliphatic rings. The minimum Gasteiger partial charge on any atom is -0.330 e. The Morgan fingerprint density at radius 3 is 2.12 bits per heavy atom. The van der Waals surface area contributed by atoms with Crippen LogP contribution in [-0.4, -0.2) is 36.8 Å². The number of alkyl halides is 3. The van der Waals surface area contributed by atoms with Gasteiger partial charge in [-0.2, -0.15) is 13.2 Å². The highest BCUT2D eigenvalue weighted by molar-refractivity contribution is 4.76. The van der Waals surface area contributed by atoms with Crippen molar-refractivity contribution in [3.63, 3.8) is 0 Å². The minimum atomic E-state index is -4.10. The average molecular weight is 252 g/mol. The molecule has 0 aromatic carbocycles. The largest absolute Gasteiger partial charge is 0.401 e. The summed E-state index contributed by atoms with van der Waals surface area (Å²) in [4.78, 5) is 1.60. The highest BCUT2D eigenvalue weighted by Crippen LogP contribution is 2.25. The van der Waals surface area contributed by atoms with Crippen LogP contribution >= 0.6 is 0 Å². The van der Waals surface area contributed by atoms with Crippen LogP contribution in [-0.2, 0) is 0 Å². The lowest BCUT2D eigenvalue weighted by atomic mass is 10.1. The van der Waals surface area contributed by atoms with Crippen LogP contribution in [0.2, 0.25) is 0 Å². The average Bonchev–Trinajstić information content (AvgIpc) is 2.51. The molecule has 0 aliphatic heterocycles. The predicted octanol–water partition coefficient (Wildman–Crippen LogP) is 2.92. The van der Waals surface area contributed by atoms with E-state index in [1.165, 1.54) is 0 Å². The molecule has 0 saturated heterocycles. The fraction of sp³-hybridized carbons (Fsp3) is 1.00. The third-order valence-electron chi connectivity index (χ3n) is 3.37. The summed E-state index contributed by atoms with van der Waals surface area (Å²) in [6.07, 6.45) is 2.79. The molecular weight excluding hydrogens is 229 g/mol. The van der Waals surface area contributed by atoms with Crippen LogP contribution in [0.1, 0.15) is 44.9 Å². The van der Waals surface area contributed by atoms with E-state index in [1.54, 1.807) is 4.90 Å². The summed E-state index contributed by atoms with van der Waals surface area (Å²) >= 11 is 0. The molecule has 0 spiro atoms. The van der Waals surface area contributed by atoms with E-state index in [9.17, 15) is 13.2 Å². The SMILES string of the molecule is NCCCN(CC(F)(F)F)C1CCCCCC1. The van der Waals surface area contributed by atoms with Crippen molar-refractivity contribution in [1.82, 2.24) is 4.90 Å². The maximum atomic E-state index is 12.5. The van der Waals surface area contributed by atoms with E-state index in [2.05, 4.69) is 0 Å². The Bertz CT molecular complexity index is 198. The maximum absolute atomic E-state index is 12.5. The molecule has 102 valence electrons. The quantitative estimate of drug-likeness (QED) is 0.762. The molecule has 0 aromatic heterocycles. The standard InChI is InChI=1S/C12H23F3N2/c13-12(14,15)10-17(9-5-8-16)11-6-3-1-2-4-7-11/h11H,1-10,16H2. The van der Waals surface area contributed by atoms with E-state index in [4.69, 9.17) is 5.73 Å². The molecule has 2 N–H and O–H groups in total. The molecule has 0 amide bonds. The van der Waals surface area contributed by atoms with Gasteiger partial charge in [0.15, 0.2) is 0 Å². The van der Waals surface area contributed by atoms with Gasteiger partial charge >= 0.3 is 6.18 Å². The van der Waals surface area contributed by atoms with Gasteiger partial charge in [-0.1, -0.05) is 25.7 Å². The maximum Gasteiger partial charge on any atom is 0.401 e. The third kappa shape index (κ3) is 6.27. The van der Waals surface area contributed by atoms with Crippen molar-refractivity contribution in [2.24, 2.45) is 5.73 Å². The first-order valence-electron chi connectivity index (χ1n) is 6.54. The number of nitrogens with zero attached hydrogens (tertiary/aromatic N) is 1. The fourth-order valence-corrected chi connectivity index (χ4v) is 2.54. The van der Waals surface area contributed by atoms with Gasteiger partial charge in [-0.25, -0.2) is 0 Å². The van der Waals surface area contributed by atoms with Gasteiger partial charge in [0.05, 0.1) is 6.54 Å². The van der Waals surface area contributed by atoms with Gasteiger partial charge in [-0.15, -0.1) is 0 Å². The van der Waals surface area contributed by atoms with E-state index in [1.807, 2.05) is 0 Å². The van der Waals surface area contributed by atoms with E-state index in [0.29, 0.717) is 19.5 Å². The van der Waals surface area contributed by atoms with Crippen molar-refractivity contribution in [2.45, 2.75) is 57.2 Å². The number of halogens is 3. The summed E-state index contributed by atoms with van der Waals surface area (Å²) in [5.41, 5.74) is 5.39. The van der Waals surface area contributed by atoms with E-state index in [0.717, 1.165) is 38.5 Å². The van der Waals surface area contributed by atoms with E-state index >= 15 is 0 Å². The number of hydrogen-bond acceptors (Lipinski definition) is 2. The Labute approximate surface area is 101 Å². The lowest BCUT2D eigenvalue weighted by Crippen LogP contribution is -2.42. The molecule has 0 bridgehead atoms.